The molecule has 1 amide bonds. The molecule has 0 aliphatic heterocycles. The number of carboxylic acids is 1. The molecule has 0 aromatic heterocycles. The summed E-state index contributed by atoms with van der Waals surface area (Å²) in [7, 11) is 0. The second-order valence-electron chi connectivity index (χ2n) is 5.84. The number of nitrogens with one attached hydrogen (secondary N) is 1. The Morgan fingerprint density at radius 3 is 2.04 bits per heavy atom. The maximum Gasteiger partial charge on any atom is 0.490 e. The number of halogens is 4. The summed E-state index contributed by atoms with van der Waals surface area (Å²) in [6.45, 7) is 5.75. The molecule has 0 bridgehead atoms. The van der Waals surface area contributed by atoms with Crippen LogP contribution in [0, 0.1) is 0 Å². The van der Waals surface area contributed by atoms with Crippen LogP contribution >= 0.6 is 11.6 Å². The molecule has 0 aliphatic rings. The van der Waals surface area contributed by atoms with Crippen LogP contribution in [-0.2, 0) is 9.53 Å². The lowest BCUT2D eigenvalue weighted by molar-refractivity contribution is -0.192. The molecule has 4 N–H and O–H groups in total. The topological polar surface area (TPSA) is 102 Å². The Labute approximate surface area is 148 Å². The Balaban J connectivity index is 0.000000697. The van der Waals surface area contributed by atoms with Gasteiger partial charge in [0.15, 0.2) is 0 Å². The minimum absolute atomic E-state index is 0.283. The Hall–Kier alpha value is -2.00. The van der Waals surface area contributed by atoms with Crippen molar-refractivity contribution >= 4 is 23.7 Å². The van der Waals surface area contributed by atoms with E-state index in [0.29, 0.717) is 11.6 Å². The van der Waals surface area contributed by atoms with Crippen molar-refractivity contribution in [3.8, 4) is 0 Å². The number of amides is 1. The van der Waals surface area contributed by atoms with Gasteiger partial charge < -0.3 is 20.9 Å². The zero-order valence-electron chi connectivity index (χ0n) is 13.9. The quantitative estimate of drug-likeness (QED) is 0.740. The van der Waals surface area contributed by atoms with Gasteiger partial charge in [0.1, 0.15) is 5.60 Å². The number of carbonyl (C=O) groups excluding carboxylic acids is 1. The van der Waals surface area contributed by atoms with Crippen molar-refractivity contribution < 1.29 is 32.6 Å². The van der Waals surface area contributed by atoms with Crippen molar-refractivity contribution in [2.45, 2.75) is 38.6 Å². The number of carbonyl (C=O) groups is 2. The molecule has 0 radical (unpaired) electrons. The van der Waals surface area contributed by atoms with Crippen LogP contribution in [0.15, 0.2) is 24.3 Å². The third-order valence-corrected chi connectivity index (χ3v) is 2.66. The highest BCUT2D eigenvalue weighted by Crippen LogP contribution is 2.14. The molecule has 0 heterocycles. The van der Waals surface area contributed by atoms with Crippen LogP contribution in [0.25, 0.3) is 0 Å². The summed E-state index contributed by atoms with van der Waals surface area (Å²) in [6, 6.07) is 6.93. The van der Waals surface area contributed by atoms with Crippen LogP contribution in [0.1, 0.15) is 32.4 Å². The molecule has 142 valence electrons. The third kappa shape index (κ3) is 11.2. The molecule has 0 spiro atoms. The fraction of sp³-hybridized carbons (Fsp3) is 0.467. The van der Waals surface area contributed by atoms with Crippen molar-refractivity contribution in [3.63, 3.8) is 0 Å². The molecule has 1 aromatic carbocycles. The van der Waals surface area contributed by atoms with Gasteiger partial charge in [-0.2, -0.15) is 13.2 Å². The van der Waals surface area contributed by atoms with Crippen LogP contribution in [0.3, 0.4) is 0 Å². The number of alkyl carbamates (subject to hydrolysis) is 1. The van der Waals surface area contributed by atoms with Gasteiger partial charge in [-0.25, -0.2) is 9.59 Å². The predicted molar refractivity (Wildman–Crippen MR) is 86.3 cm³/mol. The van der Waals surface area contributed by atoms with Crippen LogP contribution < -0.4 is 11.1 Å². The fourth-order valence-electron chi connectivity index (χ4n) is 1.34. The van der Waals surface area contributed by atoms with Gasteiger partial charge in [0.05, 0.1) is 0 Å². The first kappa shape index (κ1) is 23.0. The maximum absolute atomic E-state index is 11.4. The van der Waals surface area contributed by atoms with E-state index in [2.05, 4.69) is 5.32 Å². The molecule has 6 nitrogen and oxygen atoms in total. The number of hydrogen-bond acceptors (Lipinski definition) is 4. The molecule has 25 heavy (non-hydrogen) atoms. The number of rotatable bonds is 3. The van der Waals surface area contributed by atoms with Crippen molar-refractivity contribution in [2.24, 2.45) is 5.73 Å². The number of ether oxygens (including phenoxy) is 1. The van der Waals surface area contributed by atoms with E-state index in [-0.39, 0.29) is 6.04 Å². The third-order valence-electron chi connectivity index (χ3n) is 2.41. The van der Waals surface area contributed by atoms with Crippen LogP contribution in [0.2, 0.25) is 5.02 Å². The van der Waals surface area contributed by atoms with Crippen LogP contribution in [0.5, 0.6) is 0 Å². The first-order valence-corrected chi connectivity index (χ1v) is 7.38. The zero-order chi connectivity index (χ0) is 19.8. The van der Waals surface area contributed by atoms with Crippen molar-refractivity contribution in [3.05, 3.63) is 34.9 Å². The molecule has 10 heteroatoms. The van der Waals surface area contributed by atoms with Gasteiger partial charge in [0.2, 0.25) is 0 Å². The summed E-state index contributed by atoms with van der Waals surface area (Å²) in [5.74, 6) is -2.76. The average molecular weight is 385 g/mol. The standard InChI is InChI=1S/C13H19ClN2O2.C2HF3O2/c1-13(2,3)18-12(17)16-8-11(15)9-4-6-10(14)7-5-9;3-2(4,5)1(6)7/h4-7,11H,8,15H2,1-3H3,(H,16,17);(H,6,7). The maximum atomic E-state index is 11.4. The van der Waals surface area contributed by atoms with E-state index >= 15 is 0 Å². The van der Waals surface area contributed by atoms with Gasteiger partial charge in [-0.05, 0) is 38.5 Å². The number of carboxylic acid groups (broad SMARTS) is 1. The monoisotopic (exact) mass is 384 g/mol. The smallest absolute Gasteiger partial charge is 0.475 e. The minimum atomic E-state index is -5.08. The molecule has 0 aliphatic carbocycles. The first-order valence-electron chi connectivity index (χ1n) is 7.00. The Bertz CT molecular complexity index is 572. The lowest BCUT2D eigenvalue weighted by Crippen LogP contribution is -2.36. The van der Waals surface area contributed by atoms with E-state index < -0.39 is 23.8 Å². The summed E-state index contributed by atoms with van der Waals surface area (Å²) in [6.07, 6.45) is -5.55. The number of benzene rings is 1. The van der Waals surface area contributed by atoms with E-state index in [1.165, 1.54) is 0 Å². The Kier molecular flexibility index (Phi) is 8.72. The Morgan fingerprint density at radius 1 is 1.24 bits per heavy atom. The van der Waals surface area contributed by atoms with Crippen molar-refractivity contribution in [1.82, 2.24) is 5.32 Å². The molecule has 1 atom stereocenters. The normalized spacial score (nSPS) is 12.5. The van der Waals surface area contributed by atoms with Crippen molar-refractivity contribution in [1.29, 1.82) is 0 Å². The van der Waals surface area contributed by atoms with E-state index in [9.17, 15) is 18.0 Å². The SMILES string of the molecule is CC(C)(C)OC(=O)NCC(N)c1ccc(Cl)cc1.O=C(O)C(F)(F)F. The van der Waals surface area contributed by atoms with Gasteiger partial charge in [-0.1, -0.05) is 23.7 Å². The van der Waals surface area contributed by atoms with Gasteiger partial charge in [-0.3, -0.25) is 0 Å². The highest BCUT2D eigenvalue weighted by molar-refractivity contribution is 6.30. The second-order valence-corrected chi connectivity index (χ2v) is 6.28. The molecule has 1 aromatic rings. The molecule has 1 unspecified atom stereocenters. The van der Waals surface area contributed by atoms with Crippen LogP contribution in [-0.4, -0.2) is 35.5 Å². The number of alkyl halides is 3. The van der Waals surface area contributed by atoms with E-state index in [0.717, 1.165) is 5.56 Å². The summed E-state index contributed by atoms with van der Waals surface area (Å²) in [5.41, 5.74) is 6.35. The summed E-state index contributed by atoms with van der Waals surface area (Å²) in [5, 5.41) is 10.4. The van der Waals surface area contributed by atoms with E-state index in [4.69, 9.17) is 32.0 Å². The number of hydrogen-bond donors (Lipinski definition) is 3. The average Bonchev–Trinajstić information content (AvgIpc) is 2.43. The van der Waals surface area contributed by atoms with Gasteiger partial charge in [0.25, 0.3) is 0 Å². The number of aliphatic carboxylic acids is 1. The highest BCUT2D eigenvalue weighted by Gasteiger charge is 2.38. The minimum Gasteiger partial charge on any atom is -0.475 e. The van der Waals surface area contributed by atoms with E-state index in [1.807, 2.05) is 32.9 Å². The summed E-state index contributed by atoms with van der Waals surface area (Å²) < 4.78 is 36.9. The lowest BCUT2D eigenvalue weighted by Gasteiger charge is -2.20. The van der Waals surface area contributed by atoms with E-state index in [1.54, 1.807) is 12.1 Å². The second kappa shape index (κ2) is 9.47. The van der Waals surface area contributed by atoms with Crippen molar-refractivity contribution in [2.75, 3.05) is 6.54 Å². The van der Waals surface area contributed by atoms with Crippen LogP contribution in [0.4, 0.5) is 18.0 Å². The lowest BCUT2D eigenvalue weighted by atomic mass is 10.1. The molecule has 0 saturated carbocycles. The number of nitrogens with two attached hydrogens (primary N) is 1. The highest BCUT2D eigenvalue weighted by atomic mass is 35.5. The summed E-state index contributed by atoms with van der Waals surface area (Å²) >= 11 is 5.79. The predicted octanol–water partition coefficient (Wildman–Crippen LogP) is 3.50. The zero-order valence-corrected chi connectivity index (χ0v) is 14.6. The molecule has 0 fully saturated rings. The summed E-state index contributed by atoms with van der Waals surface area (Å²) in [4.78, 5) is 20.3. The Morgan fingerprint density at radius 2 is 1.68 bits per heavy atom. The molecular weight excluding hydrogens is 365 g/mol. The van der Waals surface area contributed by atoms with Gasteiger partial charge >= 0.3 is 18.2 Å². The molecule has 0 saturated heterocycles. The van der Waals surface area contributed by atoms with Gasteiger partial charge in [-0.15, -0.1) is 0 Å². The van der Waals surface area contributed by atoms with Gasteiger partial charge in [0, 0.05) is 17.6 Å². The molecular formula is C15H20ClF3N2O4. The first-order chi connectivity index (χ1) is 11.2. The largest absolute Gasteiger partial charge is 0.490 e. The molecule has 1 rings (SSSR count). The fourth-order valence-corrected chi connectivity index (χ4v) is 1.46.